The van der Waals surface area contributed by atoms with Gasteiger partial charge in [-0.3, -0.25) is 10.1 Å². The molecule has 2 amide bonds. The largest absolute Gasteiger partial charge is 0.465 e. The van der Waals surface area contributed by atoms with Gasteiger partial charge in [-0.25, -0.2) is 14.6 Å². The zero-order chi connectivity index (χ0) is 31.9. The van der Waals surface area contributed by atoms with Crippen molar-refractivity contribution in [3.05, 3.63) is 70.9 Å². The van der Waals surface area contributed by atoms with Crippen molar-refractivity contribution in [3.8, 4) is 16.9 Å². The van der Waals surface area contributed by atoms with Gasteiger partial charge in [-0.2, -0.15) is 4.68 Å². The number of hydrogen-bond acceptors (Lipinski definition) is 9. The second-order valence-electron chi connectivity index (χ2n) is 10.4. The second kappa shape index (κ2) is 14.0. The molecule has 0 unspecified atom stereocenters. The maximum absolute atomic E-state index is 13.2. The van der Waals surface area contributed by atoms with Crippen LogP contribution in [0.2, 0.25) is 5.02 Å². The number of imidazole rings is 1. The molecule has 0 saturated heterocycles. The Morgan fingerprint density at radius 1 is 1.18 bits per heavy atom. The highest BCUT2D eigenvalue weighted by Crippen LogP contribution is 2.35. The Bertz CT molecular complexity index is 1720. The molecule has 2 bridgehead atoms. The first-order valence-electron chi connectivity index (χ1n) is 14.4. The number of carbonyl (C=O) groups excluding carboxylic acids is 2. The maximum atomic E-state index is 13.2. The Morgan fingerprint density at radius 3 is 2.76 bits per heavy atom. The average molecular weight is 634 g/mol. The van der Waals surface area contributed by atoms with Crippen molar-refractivity contribution in [3.63, 3.8) is 0 Å². The molecule has 15 heteroatoms. The number of nitrogens with one attached hydrogen (secondary N) is 4. The van der Waals surface area contributed by atoms with E-state index in [2.05, 4.69) is 36.5 Å². The first-order chi connectivity index (χ1) is 21.7. The number of H-pyrrole nitrogens is 1. The van der Waals surface area contributed by atoms with Crippen LogP contribution in [-0.2, 0) is 14.3 Å². The molecule has 2 aromatic heterocycles. The summed E-state index contributed by atoms with van der Waals surface area (Å²) in [5.41, 5.74) is 4.13. The number of carbonyl (C=O) groups is 3. The molecule has 1 aliphatic rings. The summed E-state index contributed by atoms with van der Waals surface area (Å²) < 4.78 is 6.80. The Labute approximate surface area is 263 Å². The van der Waals surface area contributed by atoms with Crippen molar-refractivity contribution in [1.82, 2.24) is 35.5 Å². The van der Waals surface area contributed by atoms with Crippen LogP contribution in [0.15, 0.2) is 48.8 Å². The third-order valence-corrected chi connectivity index (χ3v) is 7.45. The molecule has 2 aromatic carbocycles. The molecule has 45 heavy (non-hydrogen) atoms. The average Bonchev–Trinajstić information content (AvgIpc) is 3.67. The number of ether oxygens (including phenoxy) is 1. The van der Waals surface area contributed by atoms with Crippen molar-refractivity contribution in [1.29, 1.82) is 0 Å². The number of benzene rings is 2. The van der Waals surface area contributed by atoms with E-state index >= 15 is 0 Å². The van der Waals surface area contributed by atoms with Gasteiger partial charge in [-0.1, -0.05) is 24.4 Å². The third kappa shape index (κ3) is 7.65. The lowest BCUT2D eigenvalue weighted by atomic mass is 10.0. The van der Waals surface area contributed by atoms with Crippen molar-refractivity contribution in [2.45, 2.75) is 51.6 Å². The van der Waals surface area contributed by atoms with E-state index in [0.29, 0.717) is 70.4 Å². The number of amides is 2. The Kier molecular flexibility index (Phi) is 9.73. The summed E-state index contributed by atoms with van der Waals surface area (Å²) in [4.78, 5) is 45.6. The first-order valence-corrected chi connectivity index (χ1v) is 14.7. The highest BCUT2D eigenvalue weighted by atomic mass is 35.5. The number of carboxylic acid groups (broad SMARTS) is 1. The lowest BCUT2D eigenvalue weighted by molar-refractivity contribution is -0.144. The minimum Gasteiger partial charge on any atom is -0.465 e. The van der Waals surface area contributed by atoms with Crippen LogP contribution in [0.5, 0.6) is 0 Å². The first kappa shape index (κ1) is 31.2. The summed E-state index contributed by atoms with van der Waals surface area (Å²) in [7, 11) is 0. The van der Waals surface area contributed by atoms with Gasteiger partial charge in [0.15, 0.2) is 0 Å². The Balaban J connectivity index is 1.45. The number of tetrazole rings is 1. The van der Waals surface area contributed by atoms with Crippen LogP contribution >= 0.6 is 11.6 Å². The van der Waals surface area contributed by atoms with Gasteiger partial charge in [0.25, 0.3) is 0 Å². The number of anilines is 2. The molecule has 5 N–H and O–H groups in total. The summed E-state index contributed by atoms with van der Waals surface area (Å²) in [6.07, 6.45) is 5.63. The standard InChI is InChI=1S/C30H32ClN9O5/c1-3-45-29(42)23-7-5-4-6-22(36-26(41)13-8-18-14-19(31)9-12-25(18)40-16-32-38-39-40)28-33-17(2)27(37-28)21-11-10-20(34-30(43)44)15-24(21)35-23/h8-16,22-23,34-35H,3-7H2,1-2H3,(H,33,37)(H,36,41)(H,43,44)/b13-8+/t22-,23+/m0/s1. The van der Waals surface area contributed by atoms with Gasteiger partial charge in [-0.05, 0) is 79.6 Å². The minimum absolute atomic E-state index is 0.223. The fourth-order valence-electron chi connectivity index (χ4n) is 5.16. The number of fused-ring (bicyclic) bond motifs is 4. The van der Waals surface area contributed by atoms with E-state index < -0.39 is 24.1 Å². The fraction of sp³-hybridized carbons (Fsp3) is 0.300. The van der Waals surface area contributed by atoms with Gasteiger partial charge in [0.1, 0.15) is 18.2 Å². The number of esters is 1. The zero-order valence-corrected chi connectivity index (χ0v) is 25.3. The van der Waals surface area contributed by atoms with E-state index in [1.807, 2.05) is 6.92 Å². The lowest BCUT2D eigenvalue weighted by Crippen LogP contribution is -2.32. The van der Waals surface area contributed by atoms with Crippen LogP contribution in [0.3, 0.4) is 0 Å². The summed E-state index contributed by atoms with van der Waals surface area (Å²) in [5.74, 6) is -0.183. The molecule has 5 rings (SSSR count). The Hall–Kier alpha value is -5.24. The fourth-order valence-corrected chi connectivity index (χ4v) is 5.34. The predicted molar refractivity (Wildman–Crippen MR) is 167 cm³/mol. The summed E-state index contributed by atoms with van der Waals surface area (Å²) >= 11 is 6.22. The number of aromatic amines is 1. The third-order valence-electron chi connectivity index (χ3n) is 7.21. The van der Waals surface area contributed by atoms with Crippen LogP contribution in [-0.4, -0.2) is 65.9 Å². The number of halogens is 1. The van der Waals surface area contributed by atoms with Crippen LogP contribution in [0.4, 0.5) is 16.2 Å². The molecule has 0 spiro atoms. The number of hydrogen-bond donors (Lipinski definition) is 5. The van der Waals surface area contributed by atoms with E-state index in [4.69, 9.17) is 21.3 Å². The molecule has 4 aromatic rings. The van der Waals surface area contributed by atoms with E-state index in [-0.39, 0.29) is 12.5 Å². The molecule has 1 aliphatic heterocycles. The normalized spacial score (nSPS) is 16.5. The number of aromatic nitrogens is 6. The topological polar surface area (TPSA) is 189 Å². The zero-order valence-electron chi connectivity index (χ0n) is 24.6. The molecule has 0 radical (unpaired) electrons. The van der Waals surface area contributed by atoms with Crippen molar-refractivity contribution >= 4 is 47.0 Å². The van der Waals surface area contributed by atoms with Gasteiger partial charge < -0.3 is 25.5 Å². The minimum atomic E-state index is -1.21. The molecule has 0 fully saturated rings. The second-order valence-corrected chi connectivity index (χ2v) is 10.8. The van der Waals surface area contributed by atoms with Crippen LogP contribution in [0.1, 0.15) is 55.7 Å². The molecule has 0 aliphatic carbocycles. The maximum Gasteiger partial charge on any atom is 0.409 e. The van der Waals surface area contributed by atoms with E-state index in [9.17, 15) is 19.5 Å². The molecule has 234 valence electrons. The monoisotopic (exact) mass is 633 g/mol. The van der Waals surface area contributed by atoms with Crippen LogP contribution in [0, 0.1) is 6.92 Å². The van der Waals surface area contributed by atoms with Gasteiger partial charge in [-0.15, -0.1) is 5.10 Å². The van der Waals surface area contributed by atoms with Crippen molar-refractivity contribution in [2.75, 3.05) is 17.2 Å². The van der Waals surface area contributed by atoms with Gasteiger partial charge >= 0.3 is 12.1 Å². The highest BCUT2D eigenvalue weighted by molar-refractivity contribution is 6.30. The quantitative estimate of drug-likeness (QED) is 0.138. The number of aryl methyl sites for hydroxylation is 1. The molecular formula is C30H32ClN9O5. The molecule has 3 heterocycles. The smallest absolute Gasteiger partial charge is 0.409 e. The van der Waals surface area contributed by atoms with E-state index in [1.54, 1.807) is 49.4 Å². The molecular weight excluding hydrogens is 602 g/mol. The van der Waals surface area contributed by atoms with Crippen molar-refractivity contribution in [2.24, 2.45) is 0 Å². The highest BCUT2D eigenvalue weighted by Gasteiger charge is 2.26. The molecule has 0 saturated carbocycles. The Morgan fingerprint density at radius 2 is 2.00 bits per heavy atom. The molecule has 14 nitrogen and oxygen atoms in total. The van der Waals surface area contributed by atoms with E-state index in [0.717, 1.165) is 5.69 Å². The van der Waals surface area contributed by atoms with Crippen LogP contribution < -0.4 is 16.0 Å². The van der Waals surface area contributed by atoms with Gasteiger partial charge in [0, 0.05) is 39.3 Å². The van der Waals surface area contributed by atoms with E-state index in [1.165, 1.54) is 17.1 Å². The molecule has 2 atom stereocenters. The summed E-state index contributed by atoms with van der Waals surface area (Å²) in [5, 5.41) is 29.7. The van der Waals surface area contributed by atoms with Gasteiger partial charge in [0.05, 0.1) is 24.0 Å². The lowest BCUT2D eigenvalue weighted by Gasteiger charge is -2.22. The summed E-state index contributed by atoms with van der Waals surface area (Å²) in [6.45, 7) is 3.83. The number of nitrogens with zero attached hydrogens (tertiary/aromatic N) is 5. The van der Waals surface area contributed by atoms with Crippen LogP contribution in [0.25, 0.3) is 23.0 Å². The number of rotatable bonds is 7. The van der Waals surface area contributed by atoms with Gasteiger partial charge in [0.2, 0.25) is 5.91 Å². The SMILES string of the molecule is CCOC(=O)[C@H]1CCCC[C@H](NC(=O)/C=C/c2cc(Cl)ccc2-n2cnnn2)c2nc(c(C)[nH]2)-c2ccc(NC(=O)O)cc2N1. The van der Waals surface area contributed by atoms with Crippen molar-refractivity contribution < 1.29 is 24.2 Å². The summed E-state index contributed by atoms with van der Waals surface area (Å²) in [6, 6.07) is 9.02. The predicted octanol–water partition coefficient (Wildman–Crippen LogP) is 4.89.